The SMILES string of the molecule is NC(CCCCNC(=O)NCCS)C(=O)NNC(CSC1CCCCCCCCCC1)C(=O)O. The molecule has 3 amide bonds. The van der Waals surface area contributed by atoms with Crippen LogP contribution in [0.2, 0.25) is 0 Å². The Balaban J connectivity index is 2.28. The first-order valence-electron chi connectivity index (χ1n) is 12.7. The Kier molecular flexibility index (Phi) is 18.2. The molecule has 0 radical (unpaired) electrons. The lowest BCUT2D eigenvalue weighted by atomic mass is 10.1. The molecule has 1 fully saturated rings. The Morgan fingerprint density at radius 1 is 0.941 bits per heavy atom. The molecule has 0 spiro atoms. The van der Waals surface area contributed by atoms with E-state index in [4.69, 9.17) is 5.73 Å². The third-order valence-corrected chi connectivity index (χ3v) is 7.62. The largest absolute Gasteiger partial charge is 0.480 e. The van der Waals surface area contributed by atoms with Crippen LogP contribution in [0.4, 0.5) is 4.79 Å². The zero-order valence-electron chi connectivity index (χ0n) is 20.4. The summed E-state index contributed by atoms with van der Waals surface area (Å²) in [5.41, 5.74) is 11.1. The van der Waals surface area contributed by atoms with Gasteiger partial charge >= 0.3 is 12.0 Å². The molecule has 0 aromatic heterocycles. The van der Waals surface area contributed by atoms with Crippen LogP contribution in [0.15, 0.2) is 0 Å². The fourth-order valence-corrected chi connectivity index (χ4v) is 5.30. The summed E-state index contributed by atoms with van der Waals surface area (Å²) in [4.78, 5) is 35.4. The van der Waals surface area contributed by atoms with Crippen molar-refractivity contribution in [3.63, 3.8) is 0 Å². The van der Waals surface area contributed by atoms with Crippen LogP contribution in [0, 0.1) is 0 Å². The van der Waals surface area contributed by atoms with E-state index in [1.165, 1.54) is 51.4 Å². The van der Waals surface area contributed by atoms with E-state index < -0.39 is 24.0 Å². The first-order valence-corrected chi connectivity index (χ1v) is 14.4. The predicted molar refractivity (Wildman–Crippen MR) is 142 cm³/mol. The van der Waals surface area contributed by atoms with Crippen LogP contribution in [0.1, 0.15) is 83.5 Å². The number of thiol groups is 1. The van der Waals surface area contributed by atoms with Gasteiger partial charge in [0.15, 0.2) is 0 Å². The molecule has 0 aliphatic heterocycles. The third kappa shape index (κ3) is 15.7. The predicted octanol–water partition coefficient (Wildman–Crippen LogP) is 2.80. The van der Waals surface area contributed by atoms with Gasteiger partial charge in [-0.05, 0) is 32.1 Å². The van der Waals surface area contributed by atoms with E-state index in [2.05, 4.69) is 34.1 Å². The van der Waals surface area contributed by atoms with Crippen LogP contribution in [0.5, 0.6) is 0 Å². The highest BCUT2D eigenvalue weighted by Gasteiger charge is 2.22. The maximum absolute atomic E-state index is 12.3. The molecule has 1 aliphatic rings. The number of amides is 3. The highest BCUT2D eigenvalue weighted by Crippen LogP contribution is 2.26. The van der Waals surface area contributed by atoms with Gasteiger partial charge in [-0.25, -0.2) is 10.2 Å². The van der Waals surface area contributed by atoms with Crippen LogP contribution < -0.4 is 27.2 Å². The first-order chi connectivity index (χ1) is 16.4. The second-order valence-electron chi connectivity index (χ2n) is 8.89. The maximum atomic E-state index is 12.3. The van der Waals surface area contributed by atoms with Gasteiger partial charge in [-0.15, -0.1) is 0 Å². The van der Waals surface area contributed by atoms with Crippen LogP contribution in [-0.4, -0.2) is 64.9 Å². The molecule has 0 heterocycles. The van der Waals surface area contributed by atoms with Gasteiger partial charge in [-0.1, -0.05) is 51.4 Å². The summed E-state index contributed by atoms with van der Waals surface area (Å²) >= 11 is 5.72. The lowest BCUT2D eigenvalue weighted by Gasteiger charge is -2.21. The van der Waals surface area contributed by atoms with Gasteiger partial charge in [0.05, 0.1) is 6.04 Å². The number of hydrogen-bond donors (Lipinski definition) is 7. The van der Waals surface area contributed by atoms with E-state index in [9.17, 15) is 19.5 Å². The zero-order chi connectivity index (χ0) is 25.0. The molecular weight excluding hydrogens is 474 g/mol. The molecule has 1 saturated carbocycles. The summed E-state index contributed by atoms with van der Waals surface area (Å²) in [6.45, 7) is 0.994. The minimum atomic E-state index is -0.986. The van der Waals surface area contributed by atoms with Crippen LogP contribution in [0.25, 0.3) is 0 Å². The number of nitrogens with two attached hydrogens (primary N) is 1. The van der Waals surface area contributed by atoms with Crippen molar-refractivity contribution in [2.24, 2.45) is 5.73 Å². The molecule has 2 atom stereocenters. The minimum absolute atomic E-state index is 0.237. The fraction of sp³-hybridized carbons (Fsp3) is 0.870. The lowest BCUT2D eigenvalue weighted by Crippen LogP contribution is -2.54. The average Bonchev–Trinajstić information content (AvgIpc) is 2.88. The third-order valence-electron chi connectivity index (χ3n) is 5.93. The van der Waals surface area contributed by atoms with E-state index in [1.807, 2.05) is 0 Å². The Morgan fingerprint density at radius 3 is 2.12 bits per heavy atom. The molecule has 34 heavy (non-hydrogen) atoms. The number of unbranched alkanes of at least 4 members (excludes halogenated alkanes) is 1. The summed E-state index contributed by atoms with van der Waals surface area (Å²) in [6, 6.07) is -1.84. The van der Waals surface area contributed by atoms with Gasteiger partial charge in [0, 0.05) is 29.8 Å². The van der Waals surface area contributed by atoms with Crippen LogP contribution in [-0.2, 0) is 9.59 Å². The maximum Gasteiger partial charge on any atom is 0.323 e. The van der Waals surface area contributed by atoms with Gasteiger partial charge in [-0.3, -0.25) is 15.0 Å². The number of carbonyl (C=O) groups excluding carboxylic acids is 2. The molecule has 0 bridgehead atoms. The van der Waals surface area contributed by atoms with Gasteiger partial charge < -0.3 is 21.5 Å². The number of nitrogens with one attached hydrogen (secondary N) is 4. The Morgan fingerprint density at radius 2 is 1.53 bits per heavy atom. The molecule has 0 aromatic carbocycles. The van der Waals surface area contributed by atoms with Crippen molar-refractivity contribution < 1.29 is 19.5 Å². The number of urea groups is 1. The number of carboxylic acid groups (broad SMARTS) is 1. The van der Waals surface area contributed by atoms with E-state index in [1.54, 1.807) is 11.8 Å². The fourth-order valence-electron chi connectivity index (χ4n) is 3.83. The molecule has 198 valence electrons. The summed E-state index contributed by atoms with van der Waals surface area (Å²) in [5.74, 6) is -0.435. The molecule has 1 rings (SSSR count). The molecule has 7 N–H and O–H groups in total. The summed E-state index contributed by atoms with van der Waals surface area (Å²) in [6.07, 6.45) is 14.2. The van der Waals surface area contributed by atoms with E-state index in [0.29, 0.717) is 49.1 Å². The zero-order valence-corrected chi connectivity index (χ0v) is 22.1. The first kappa shape index (κ1) is 30.9. The molecule has 1 aliphatic carbocycles. The monoisotopic (exact) mass is 519 g/mol. The van der Waals surface area contributed by atoms with Gasteiger partial charge in [0.2, 0.25) is 0 Å². The lowest BCUT2D eigenvalue weighted by molar-refractivity contribution is -0.139. The van der Waals surface area contributed by atoms with E-state index >= 15 is 0 Å². The molecule has 2 unspecified atom stereocenters. The van der Waals surface area contributed by atoms with Crippen molar-refractivity contribution in [1.29, 1.82) is 0 Å². The van der Waals surface area contributed by atoms with Crippen molar-refractivity contribution in [2.45, 2.75) is 101 Å². The quantitative estimate of drug-likeness (QED) is 0.106. The normalized spacial score (nSPS) is 17.7. The summed E-state index contributed by atoms with van der Waals surface area (Å²) < 4.78 is 0. The summed E-state index contributed by atoms with van der Waals surface area (Å²) in [7, 11) is 0. The van der Waals surface area contributed by atoms with E-state index in [-0.39, 0.29) is 6.03 Å². The Labute approximate surface area is 214 Å². The molecule has 9 nitrogen and oxygen atoms in total. The number of thioether (sulfide) groups is 1. The minimum Gasteiger partial charge on any atom is -0.480 e. The molecule has 11 heteroatoms. The topological polar surface area (TPSA) is 146 Å². The number of hydrogen-bond acceptors (Lipinski definition) is 7. The second kappa shape index (κ2) is 20.1. The standard InChI is InChI=1S/C23H45N5O4S2/c24-19(13-9-10-14-25-23(32)26-15-16-33)21(29)28-27-20(22(30)31)17-34-18-11-7-5-3-1-2-4-6-8-12-18/h18-20,27,33H,1-17,24H2,(H,28,29)(H,30,31)(H2,25,26,32). The highest BCUT2D eigenvalue weighted by atomic mass is 32.2. The second-order valence-corrected chi connectivity index (χ2v) is 10.7. The molecule has 0 saturated heterocycles. The molecule has 0 aromatic rings. The van der Waals surface area contributed by atoms with Gasteiger partial charge in [-0.2, -0.15) is 24.4 Å². The van der Waals surface area contributed by atoms with Crippen molar-refractivity contribution in [2.75, 3.05) is 24.6 Å². The highest BCUT2D eigenvalue weighted by molar-refractivity contribution is 7.99. The number of carbonyl (C=O) groups is 3. The van der Waals surface area contributed by atoms with Crippen LogP contribution in [0.3, 0.4) is 0 Å². The van der Waals surface area contributed by atoms with Crippen molar-refractivity contribution >= 4 is 42.3 Å². The number of aliphatic carboxylic acids is 1. The van der Waals surface area contributed by atoms with E-state index in [0.717, 1.165) is 12.8 Å². The molecular formula is C23H45N5O4S2. The summed E-state index contributed by atoms with van der Waals surface area (Å²) in [5, 5.41) is 15.4. The number of hydrazine groups is 1. The number of carboxylic acids is 1. The average molecular weight is 520 g/mol. The van der Waals surface area contributed by atoms with Crippen molar-refractivity contribution in [3.05, 3.63) is 0 Å². The smallest absolute Gasteiger partial charge is 0.323 e. The van der Waals surface area contributed by atoms with Gasteiger partial charge in [0.1, 0.15) is 6.04 Å². The van der Waals surface area contributed by atoms with Crippen molar-refractivity contribution in [3.8, 4) is 0 Å². The van der Waals surface area contributed by atoms with Gasteiger partial charge in [0.25, 0.3) is 5.91 Å². The Bertz CT molecular complexity index is 574. The van der Waals surface area contributed by atoms with Crippen LogP contribution >= 0.6 is 24.4 Å². The number of rotatable bonds is 14. The van der Waals surface area contributed by atoms with Crippen molar-refractivity contribution in [1.82, 2.24) is 21.5 Å². The Hall–Kier alpha value is -1.17.